The number of hydrogen-bond acceptors (Lipinski definition) is 7. The number of methoxy groups -OCH3 is 2. The number of nitrogens with zero attached hydrogens (tertiary/aromatic N) is 2. The Morgan fingerprint density at radius 3 is 2.47 bits per heavy atom. The Bertz CT molecular complexity index is 1230. The summed E-state index contributed by atoms with van der Waals surface area (Å²) < 4.78 is 18.3. The van der Waals surface area contributed by atoms with Gasteiger partial charge in [-0.25, -0.2) is 5.43 Å². The molecule has 0 aliphatic rings. The summed E-state index contributed by atoms with van der Waals surface area (Å²) >= 11 is 5.54. The van der Waals surface area contributed by atoms with E-state index in [1.165, 1.54) is 32.6 Å². The number of non-ortho nitro benzene ring substituents is 1. The molecule has 3 aromatic rings. The number of hydrogen-bond donors (Lipinski definition) is 1. The smallest absolute Gasteiger partial charge is 0.275 e. The average molecular weight is 640 g/mol. The lowest BCUT2D eigenvalue weighted by atomic mass is 10.1. The second-order valence-electron chi connectivity index (χ2n) is 6.79. The van der Waals surface area contributed by atoms with Crippen molar-refractivity contribution < 1.29 is 23.9 Å². The molecule has 0 aromatic heterocycles. The van der Waals surface area contributed by atoms with Crippen LogP contribution in [0.5, 0.6) is 17.2 Å². The summed E-state index contributed by atoms with van der Waals surface area (Å²) in [6, 6.07) is 15.1. The Kier molecular flexibility index (Phi) is 8.82. The number of carbonyl (C=O) groups is 1. The molecule has 0 fully saturated rings. The summed E-state index contributed by atoms with van der Waals surface area (Å²) in [4.78, 5) is 22.9. The topological polar surface area (TPSA) is 112 Å². The largest absolute Gasteiger partial charge is 0.496 e. The molecule has 0 spiro atoms. The van der Waals surface area contributed by atoms with Gasteiger partial charge in [0.2, 0.25) is 0 Å². The molecule has 0 saturated carbocycles. The van der Waals surface area contributed by atoms with Gasteiger partial charge in [0.15, 0.2) is 11.5 Å². The summed E-state index contributed by atoms with van der Waals surface area (Å²) in [5, 5.41) is 15.0. The van der Waals surface area contributed by atoms with Gasteiger partial charge in [-0.05, 0) is 64.0 Å². The molecule has 34 heavy (non-hydrogen) atoms. The van der Waals surface area contributed by atoms with E-state index in [2.05, 4.69) is 49.0 Å². The summed E-state index contributed by atoms with van der Waals surface area (Å²) in [6.07, 6.45) is 1.44. The minimum Gasteiger partial charge on any atom is -0.496 e. The zero-order chi connectivity index (χ0) is 24.7. The maximum Gasteiger partial charge on any atom is 0.275 e. The first-order chi connectivity index (χ1) is 16.3. The van der Waals surface area contributed by atoms with E-state index in [1.54, 1.807) is 6.07 Å². The summed E-state index contributed by atoms with van der Waals surface area (Å²) in [7, 11) is 2.91. The molecule has 176 valence electrons. The van der Waals surface area contributed by atoms with Crippen molar-refractivity contribution in [1.29, 1.82) is 0 Å². The van der Waals surface area contributed by atoms with Gasteiger partial charge in [0.05, 0.1) is 34.5 Å². The van der Waals surface area contributed by atoms with Crippen LogP contribution in [0.1, 0.15) is 21.5 Å². The van der Waals surface area contributed by atoms with Crippen molar-refractivity contribution in [3.63, 3.8) is 0 Å². The number of rotatable bonds is 9. The van der Waals surface area contributed by atoms with Crippen molar-refractivity contribution in [3.8, 4) is 17.2 Å². The van der Waals surface area contributed by atoms with Crippen LogP contribution in [0.2, 0.25) is 0 Å². The van der Waals surface area contributed by atoms with E-state index >= 15 is 0 Å². The van der Waals surface area contributed by atoms with Crippen LogP contribution in [-0.2, 0) is 6.61 Å². The molecule has 1 N–H and O–H groups in total. The Morgan fingerprint density at radius 1 is 1.12 bits per heavy atom. The quantitative estimate of drug-likeness (QED) is 0.147. The fourth-order valence-corrected chi connectivity index (χ4v) is 3.95. The fourth-order valence-electron chi connectivity index (χ4n) is 2.90. The molecule has 0 saturated heterocycles. The molecular formula is C23H19BrIN3O6. The molecule has 0 unspecified atom stereocenters. The van der Waals surface area contributed by atoms with E-state index < -0.39 is 10.8 Å². The molecule has 1 amide bonds. The van der Waals surface area contributed by atoms with Crippen LogP contribution in [0.15, 0.2) is 64.2 Å². The zero-order valence-electron chi connectivity index (χ0n) is 18.1. The van der Waals surface area contributed by atoms with E-state index in [-0.39, 0.29) is 17.0 Å². The van der Waals surface area contributed by atoms with Gasteiger partial charge in [-0.15, -0.1) is 0 Å². The zero-order valence-corrected chi connectivity index (χ0v) is 21.8. The van der Waals surface area contributed by atoms with Gasteiger partial charge < -0.3 is 14.2 Å². The molecule has 3 aromatic carbocycles. The average Bonchev–Trinajstić information content (AvgIpc) is 2.83. The lowest BCUT2D eigenvalue weighted by molar-refractivity contribution is -0.384. The van der Waals surface area contributed by atoms with Crippen molar-refractivity contribution in [1.82, 2.24) is 5.43 Å². The fraction of sp³-hybridized carbons (Fsp3) is 0.130. The van der Waals surface area contributed by atoms with E-state index in [9.17, 15) is 14.9 Å². The van der Waals surface area contributed by atoms with E-state index in [0.717, 1.165) is 19.7 Å². The number of nitro benzene ring substituents is 1. The Balaban J connectivity index is 1.73. The highest BCUT2D eigenvalue weighted by Gasteiger charge is 2.17. The number of carbonyl (C=O) groups excluding carboxylic acids is 1. The van der Waals surface area contributed by atoms with Crippen LogP contribution in [0.3, 0.4) is 0 Å². The third-order valence-corrected chi connectivity index (χ3v) is 5.90. The molecule has 0 bridgehead atoms. The Hall–Kier alpha value is -3.19. The standard InChI is InChI=1S/C23H19BrIN3O6/c1-32-20-8-7-17(28(30)31)11-18(20)23(29)27-26-12-15-9-19(25)22(21(10-15)33-2)34-13-14-3-5-16(24)6-4-14/h3-12H,13H2,1-2H3,(H,27,29)/b26-12-. The van der Waals surface area contributed by atoms with Gasteiger partial charge >= 0.3 is 0 Å². The van der Waals surface area contributed by atoms with Crippen molar-refractivity contribution >= 4 is 56.3 Å². The first kappa shape index (κ1) is 25.4. The van der Waals surface area contributed by atoms with E-state index in [4.69, 9.17) is 14.2 Å². The van der Waals surface area contributed by atoms with Crippen molar-refractivity contribution in [2.75, 3.05) is 14.2 Å². The normalized spacial score (nSPS) is 10.7. The van der Waals surface area contributed by atoms with Gasteiger partial charge in [0.25, 0.3) is 11.6 Å². The molecule has 0 radical (unpaired) electrons. The highest BCUT2D eigenvalue weighted by molar-refractivity contribution is 14.1. The number of nitrogens with one attached hydrogen (secondary N) is 1. The highest BCUT2D eigenvalue weighted by Crippen LogP contribution is 2.34. The number of hydrazone groups is 1. The summed E-state index contributed by atoms with van der Waals surface area (Å²) in [5.41, 5.74) is 3.79. The first-order valence-corrected chi connectivity index (χ1v) is 11.6. The molecule has 3 rings (SSSR count). The minimum atomic E-state index is -0.645. The maximum atomic E-state index is 12.5. The van der Waals surface area contributed by atoms with Crippen LogP contribution < -0.4 is 19.6 Å². The second-order valence-corrected chi connectivity index (χ2v) is 8.87. The van der Waals surface area contributed by atoms with Crippen LogP contribution in [0.25, 0.3) is 0 Å². The van der Waals surface area contributed by atoms with Gasteiger partial charge in [0.1, 0.15) is 12.4 Å². The maximum absolute atomic E-state index is 12.5. The minimum absolute atomic E-state index is 0.00213. The SMILES string of the molecule is COc1ccc([N+](=O)[O-])cc1C(=O)N/N=C\c1cc(I)c(OCc2ccc(Br)cc2)c(OC)c1. The number of nitro groups is 1. The van der Waals surface area contributed by atoms with Crippen LogP contribution in [0, 0.1) is 13.7 Å². The molecular weight excluding hydrogens is 621 g/mol. The highest BCUT2D eigenvalue weighted by atomic mass is 127. The monoisotopic (exact) mass is 639 g/mol. The van der Waals surface area contributed by atoms with Gasteiger partial charge in [-0.2, -0.15) is 5.10 Å². The molecule has 0 atom stereocenters. The van der Waals surface area contributed by atoms with Gasteiger partial charge in [-0.3, -0.25) is 14.9 Å². The number of halogens is 2. The number of benzene rings is 3. The Labute approximate surface area is 217 Å². The second kappa shape index (κ2) is 11.8. The molecule has 9 nitrogen and oxygen atoms in total. The van der Waals surface area contributed by atoms with Gasteiger partial charge in [0, 0.05) is 16.6 Å². The van der Waals surface area contributed by atoms with E-state index in [0.29, 0.717) is 23.7 Å². The third kappa shape index (κ3) is 6.44. The molecule has 0 heterocycles. The predicted octanol–water partition coefficient (Wildman–Crippen LogP) is 5.32. The number of ether oxygens (including phenoxy) is 3. The van der Waals surface area contributed by atoms with Crippen molar-refractivity contribution in [2.24, 2.45) is 5.10 Å². The molecule has 11 heteroatoms. The van der Waals surface area contributed by atoms with Crippen LogP contribution in [0.4, 0.5) is 5.69 Å². The number of amides is 1. The molecule has 0 aliphatic carbocycles. The lowest BCUT2D eigenvalue weighted by Gasteiger charge is -2.13. The Morgan fingerprint density at radius 2 is 1.82 bits per heavy atom. The lowest BCUT2D eigenvalue weighted by Crippen LogP contribution is -2.18. The molecule has 0 aliphatic heterocycles. The van der Waals surface area contributed by atoms with E-state index in [1.807, 2.05) is 30.3 Å². The van der Waals surface area contributed by atoms with Crippen LogP contribution in [-0.4, -0.2) is 31.3 Å². The van der Waals surface area contributed by atoms with Crippen LogP contribution >= 0.6 is 38.5 Å². The van der Waals surface area contributed by atoms with Crippen molar-refractivity contribution in [3.05, 3.63) is 89.4 Å². The van der Waals surface area contributed by atoms with Gasteiger partial charge in [-0.1, -0.05) is 28.1 Å². The summed E-state index contributed by atoms with van der Waals surface area (Å²) in [5.74, 6) is 0.653. The third-order valence-electron chi connectivity index (χ3n) is 4.57. The predicted molar refractivity (Wildman–Crippen MR) is 139 cm³/mol. The summed E-state index contributed by atoms with van der Waals surface area (Å²) in [6.45, 7) is 0.369. The van der Waals surface area contributed by atoms with Crippen molar-refractivity contribution in [2.45, 2.75) is 6.61 Å². The first-order valence-electron chi connectivity index (χ1n) is 9.73.